The molecule has 0 aliphatic heterocycles. The Hall–Kier alpha value is -3.00. The topological polar surface area (TPSA) is 59.5 Å². The number of ether oxygens (including phenoxy) is 2. The molecule has 0 N–H and O–H groups in total. The van der Waals surface area contributed by atoms with E-state index in [9.17, 15) is 0 Å². The van der Waals surface area contributed by atoms with Crippen LogP contribution < -0.4 is 9.47 Å². The van der Waals surface area contributed by atoms with Crippen LogP contribution in [0, 0.1) is 18.3 Å². The molecular weight excluding hydrogens is 278 g/mol. The van der Waals surface area contributed by atoms with Crippen molar-refractivity contribution in [2.45, 2.75) is 6.92 Å². The van der Waals surface area contributed by atoms with Crippen molar-refractivity contribution in [1.29, 1.82) is 5.26 Å². The molecule has 0 radical (unpaired) electrons. The maximum absolute atomic E-state index is 9.02. The Balaban J connectivity index is 2.18. The molecule has 5 nitrogen and oxygen atoms in total. The van der Waals surface area contributed by atoms with E-state index in [-0.39, 0.29) is 0 Å². The van der Waals surface area contributed by atoms with Crippen molar-refractivity contribution in [3.63, 3.8) is 0 Å². The van der Waals surface area contributed by atoms with Gasteiger partial charge in [0.15, 0.2) is 11.5 Å². The number of methoxy groups -OCH3 is 2. The molecule has 0 spiro atoms. The molecule has 0 saturated carbocycles. The number of aryl methyl sites for hydroxylation is 1. The van der Waals surface area contributed by atoms with Crippen LogP contribution in [0.15, 0.2) is 36.5 Å². The first-order valence-corrected chi connectivity index (χ1v) is 6.79. The van der Waals surface area contributed by atoms with Crippen LogP contribution in [0.5, 0.6) is 11.5 Å². The number of nitriles is 1. The predicted molar refractivity (Wildman–Crippen MR) is 83.2 cm³/mol. The molecule has 5 heteroatoms. The van der Waals surface area contributed by atoms with Gasteiger partial charge in [-0.05, 0) is 37.3 Å². The highest BCUT2D eigenvalue weighted by Gasteiger charge is 2.13. The Morgan fingerprint density at radius 2 is 1.86 bits per heavy atom. The van der Waals surface area contributed by atoms with Crippen LogP contribution in [0.4, 0.5) is 0 Å². The Morgan fingerprint density at radius 3 is 2.55 bits per heavy atom. The molecule has 3 aromatic rings. The number of nitrogens with zero attached hydrogens (tertiary/aromatic N) is 3. The van der Waals surface area contributed by atoms with Crippen molar-refractivity contribution in [3.05, 3.63) is 47.8 Å². The Kier molecular flexibility index (Phi) is 3.43. The second kappa shape index (κ2) is 5.41. The van der Waals surface area contributed by atoms with Crippen molar-refractivity contribution in [3.8, 4) is 28.8 Å². The van der Waals surface area contributed by atoms with Gasteiger partial charge in [0, 0.05) is 17.5 Å². The number of fused-ring (bicyclic) bond motifs is 1. The average Bonchev–Trinajstić information content (AvgIpc) is 2.90. The van der Waals surface area contributed by atoms with Gasteiger partial charge in [0.25, 0.3) is 0 Å². The summed E-state index contributed by atoms with van der Waals surface area (Å²) in [7, 11) is 3.22. The minimum atomic E-state index is 0.604. The zero-order chi connectivity index (χ0) is 15.7. The zero-order valence-electron chi connectivity index (χ0n) is 12.6. The third-order valence-corrected chi connectivity index (χ3v) is 3.64. The molecule has 0 fully saturated rings. The van der Waals surface area contributed by atoms with Gasteiger partial charge in [-0.2, -0.15) is 5.26 Å². The second-order valence-corrected chi connectivity index (χ2v) is 4.87. The lowest BCUT2D eigenvalue weighted by Crippen LogP contribution is -1.92. The van der Waals surface area contributed by atoms with Crippen LogP contribution in [0.3, 0.4) is 0 Å². The van der Waals surface area contributed by atoms with Crippen molar-refractivity contribution in [2.24, 2.45) is 0 Å². The molecule has 0 saturated heterocycles. The van der Waals surface area contributed by atoms with E-state index in [0.717, 1.165) is 22.6 Å². The summed E-state index contributed by atoms with van der Waals surface area (Å²) >= 11 is 0. The molecule has 0 amide bonds. The quantitative estimate of drug-likeness (QED) is 0.744. The van der Waals surface area contributed by atoms with Gasteiger partial charge < -0.3 is 13.9 Å². The smallest absolute Gasteiger partial charge is 0.161 e. The summed E-state index contributed by atoms with van der Waals surface area (Å²) in [5.41, 5.74) is 4.18. The highest BCUT2D eigenvalue weighted by atomic mass is 16.5. The fourth-order valence-corrected chi connectivity index (χ4v) is 2.49. The van der Waals surface area contributed by atoms with Crippen LogP contribution >= 0.6 is 0 Å². The number of aromatic nitrogens is 2. The monoisotopic (exact) mass is 293 g/mol. The summed E-state index contributed by atoms with van der Waals surface area (Å²) in [4.78, 5) is 4.65. The number of benzene rings is 1. The second-order valence-electron chi connectivity index (χ2n) is 4.87. The normalized spacial score (nSPS) is 10.5. The summed E-state index contributed by atoms with van der Waals surface area (Å²) in [5, 5.41) is 9.02. The van der Waals surface area contributed by atoms with Gasteiger partial charge in [0.05, 0.1) is 25.5 Å². The standard InChI is InChI=1S/C17H15N3O2/c1-11-17(13-5-6-14(21-2)15(8-13)22-3)19-16-7-4-12(9-18)10-20(11)16/h4-8,10H,1-3H3. The van der Waals surface area contributed by atoms with Crippen molar-refractivity contribution in [2.75, 3.05) is 14.2 Å². The maximum atomic E-state index is 9.02. The first kappa shape index (κ1) is 14.0. The van der Waals surface area contributed by atoms with Crippen molar-refractivity contribution < 1.29 is 9.47 Å². The van der Waals surface area contributed by atoms with Gasteiger partial charge >= 0.3 is 0 Å². The van der Waals surface area contributed by atoms with E-state index in [1.54, 1.807) is 26.5 Å². The van der Waals surface area contributed by atoms with Crippen LogP contribution in [-0.2, 0) is 0 Å². The molecule has 22 heavy (non-hydrogen) atoms. The van der Waals surface area contributed by atoms with Crippen LogP contribution in [0.25, 0.3) is 16.9 Å². The number of pyridine rings is 1. The van der Waals surface area contributed by atoms with E-state index < -0.39 is 0 Å². The maximum Gasteiger partial charge on any atom is 0.161 e. The fourth-order valence-electron chi connectivity index (χ4n) is 2.49. The number of hydrogen-bond donors (Lipinski definition) is 0. The summed E-state index contributed by atoms with van der Waals surface area (Å²) < 4.78 is 12.5. The summed E-state index contributed by atoms with van der Waals surface area (Å²) in [5.74, 6) is 1.34. The number of rotatable bonds is 3. The minimum absolute atomic E-state index is 0.604. The molecule has 0 atom stereocenters. The SMILES string of the molecule is COc1ccc(-c2nc3ccc(C#N)cn3c2C)cc1OC. The lowest BCUT2D eigenvalue weighted by atomic mass is 10.1. The Morgan fingerprint density at radius 1 is 1.09 bits per heavy atom. The first-order chi connectivity index (χ1) is 10.7. The van der Waals surface area contributed by atoms with E-state index >= 15 is 0 Å². The highest BCUT2D eigenvalue weighted by molar-refractivity contribution is 5.69. The zero-order valence-corrected chi connectivity index (χ0v) is 12.6. The molecule has 0 aliphatic carbocycles. The largest absolute Gasteiger partial charge is 0.493 e. The molecule has 1 aromatic carbocycles. The molecule has 0 aliphatic rings. The molecule has 0 bridgehead atoms. The summed E-state index contributed by atoms with van der Waals surface area (Å²) in [6.45, 7) is 1.98. The van der Waals surface area contributed by atoms with E-state index in [1.165, 1.54) is 0 Å². The van der Waals surface area contributed by atoms with Crippen LogP contribution in [0.2, 0.25) is 0 Å². The van der Waals surface area contributed by atoms with E-state index in [4.69, 9.17) is 14.7 Å². The highest BCUT2D eigenvalue weighted by Crippen LogP contribution is 2.33. The molecule has 2 aromatic heterocycles. The van der Waals surface area contributed by atoms with E-state index in [2.05, 4.69) is 11.1 Å². The third kappa shape index (κ3) is 2.15. The van der Waals surface area contributed by atoms with Gasteiger partial charge in [0.2, 0.25) is 0 Å². The molecule has 2 heterocycles. The Labute approximate surface area is 128 Å². The van der Waals surface area contributed by atoms with Gasteiger partial charge in [-0.15, -0.1) is 0 Å². The van der Waals surface area contributed by atoms with Crippen LogP contribution in [0.1, 0.15) is 11.3 Å². The number of hydrogen-bond acceptors (Lipinski definition) is 4. The van der Waals surface area contributed by atoms with E-state index in [1.807, 2.05) is 35.6 Å². The Bertz CT molecular complexity index is 891. The lowest BCUT2D eigenvalue weighted by molar-refractivity contribution is 0.355. The minimum Gasteiger partial charge on any atom is -0.493 e. The lowest BCUT2D eigenvalue weighted by Gasteiger charge is -2.08. The van der Waals surface area contributed by atoms with Crippen molar-refractivity contribution in [1.82, 2.24) is 9.38 Å². The van der Waals surface area contributed by atoms with Gasteiger partial charge in [-0.25, -0.2) is 4.98 Å². The summed E-state index contributed by atoms with van der Waals surface area (Å²) in [6, 6.07) is 11.5. The van der Waals surface area contributed by atoms with Crippen molar-refractivity contribution >= 4 is 5.65 Å². The molecule has 3 rings (SSSR count). The predicted octanol–water partition coefficient (Wildman–Crippen LogP) is 3.20. The van der Waals surface area contributed by atoms with Gasteiger partial charge in [-0.3, -0.25) is 0 Å². The third-order valence-electron chi connectivity index (χ3n) is 3.64. The van der Waals surface area contributed by atoms with Gasteiger partial charge in [0.1, 0.15) is 11.7 Å². The first-order valence-electron chi connectivity index (χ1n) is 6.79. The van der Waals surface area contributed by atoms with Gasteiger partial charge in [-0.1, -0.05) is 0 Å². The average molecular weight is 293 g/mol. The summed E-state index contributed by atoms with van der Waals surface area (Å²) in [6.07, 6.45) is 1.79. The number of imidazole rings is 1. The molecular formula is C17H15N3O2. The van der Waals surface area contributed by atoms with Crippen LogP contribution in [-0.4, -0.2) is 23.6 Å². The molecule has 0 unspecified atom stereocenters. The fraction of sp³-hybridized carbons (Fsp3) is 0.176. The molecule has 110 valence electrons. The van der Waals surface area contributed by atoms with E-state index in [0.29, 0.717) is 17.1 Å².